The van der Waals surface area contributed by atoms with E-state index in [0.717, 1.165) is 5.56 Å². The predicted octanol–water partition coefficient (Wildman–Crippen LogP) is 3.72. The SMILES string of the molecule is CC(=O)C(c1nc(-c2cccc(Cl)c2)no1)C(C)C. The summed E-state index contributed by atoms with van der Waals surface area (Å²) >= 11 is 5.92. The van der Waals surface area contributed by atoms with Crippen LogP contribution in [0.25, 0.3) is 11.4 Å². The van der Waals surface area contributed by atoms with Crippen molar-refractivity contribution < 1.29 is 9.32 Å². The molecule has 0 saturated heterocycles. The van der Waals surface area contributed by atoms with Crippen molar-refractivity contribution in [3.05, 3.63) is 35.2 Å². The lowest BCUT2D eigenvalue weighted by Gasteiger charge is -2.12. The number of hydrogen-bond donors (Lipinski definition) is 0. The molecule has 0 aliphatic heterocycles. The third-order valence-electron chi connectivity index (χ3n) is 2.90. The fourth-order valence-electron chi connectivity index (χ4n) is 2.03. The van der Waals surface area contributed by atoms with Gasteiger partial charge in [-0.3, -0.25) is 4.79 Å². The Morgan fingerprint density at radius 2 is 2.11 bits per heavy atom. The molecule has 4 nitrogen and oxygen atoms in total. The zero-order valence-corrected chi connectivity index (χ0v) is 11.8. The number of rotatable bonds is 4. The molecule has 0 amide bonds. The van der Waals surface area contributed by atoms with Gasteiger partial charge in [-0.2, -0.15) is 4.98 Å². The number of halogens is 1. The van der Waals surface area contributed by atoms with Gasteiger partial charge in [-0.25, -0.2) is 0 Å². The van der Waals surface area contributed by atoms with Crippen LogP contribution in [0.3, 0.4) is 0 Å². The van der Waals surface area contributed by atoms with Gasteiger partial charge in [0.1, 0.15) is 5.78 Å². The molecule has 5 heteroatoms. The summed E-state index contributed by atoms with van der Waals surface area (Å²) in [6.45, 7) is 5.44. The van der Waals surface area contributed by atoms with E-state index in [1.54, 1.807) is 12.1 Å². The van der Waals surface area contributed by atoms with E-state index < -0.39 is 0 Å². The van der Waals surface area contributed by atoms with Crippen molar-refractivity contribution >= 4 is 17.4 Å². The normalized spacial score (nSPS) is 12.7. The third-order valence-corrected chi connectivity index (χ3v) is 3.13. The first-order valence-electron chi connectivity index (χ1n) is 6.09. The first kappa shape index (κ1) is 13.7. The van der Waals surface area contributed by atoms with E-state index in [-0.39, 0.29) is 17.6 Å². The van der Waals surface area contributed by atoms with Crippen LogP contribution in [0.1, 0.15) is 32.6 Å². The van der Waals surface area contributed by atoms with Crippen molar-refractivity contribution in [3.8, 4) is 11.4 Å². The molecule has 1 unspecified atom stereocenters. The number of Topliss-reactive ketones (excluding diaryl/α,β-unsaturated/α-hetero) is 1. The van der Waals surface area contributed by atoms with Crippen LogP contribution in [0, 0.1) is 5.92 Å². The first-order chi connectivity index (χ1) is 8.99. The van der Waals surface area contributed by atoms with Gasteiger partial charge in [-0.15, -0.1) is 0 Å². The fourth-order valence-corrected chi connectivity index (χ4v) is 2.23. The first-order valence-corrected chi connectivity index (χ1v) is 6.47. The zero-order valence-electron chi connectivity index (χ0n) is 11.1. The highest BCUT2D eigenvalue weighted by Gasteiger charge is 2.27. The Balaban J connectivity index is 2.35. The fraction of sp³-hybridized carbons (Fsp3) is 0.357. The Hall–Kier alpha value is -1.68. The second-order valence-corrected chi connectivity index (χ2v) is 5.24. The van der Waals surface area contributed by atoms with Gasteiger partial charge in [0.2, 0.25) is 11.7 Å². The molecule has 1 atom stereocenters. The molecular formula is C14H15ClN2O2. The topological polar surface area (TPSA) is 56.0 Å². The van der Waals surface area contributed by atoms with Crippen molar-refractivity contribution in [2.45, 2.75) is 26.7 Å². The molecule has 0 aliphatic rings. The molecule has 2 rings (SSSR count). The zero-order chi connectivity index (χ0) is 14.0. The lowest BCUT2D eigenvalue weighted by molar-refractivity contribution is -0.119. The minimum Gasteiger partial charge on any atom is -0.338 e. The predicted molar refractivity (Wildman–Crippen MR) is 73.0 cm³/mol. The van der Waals surface area contributed by atoms with Gasteiger partial charge in [0.05, 0.1) is 5.92 Å². The molecule has 1 aromatic heterocycles. The molecule has 0 saturated carbocycles. The Labute approximate surface area is 116 Å². The molecule has 0 N–H and O–H groups in total. The van der Waals surface area contributed by atoms with Gasteiger partial charge in [-0.05, 0) is 25.0 Å². The molecule has 0 spiro atoms. The van der Waals surface area contributed by atoms with Crippen LogP contribution in [-0.2, 0) is 4.79 Å². The maximum atomic E-state index is 11.6. The van der Waals surface area contributed by atoms with E-state index in [1.165, 1.54) is 6.92 Å². The quantitative estimate of drug-likeness (QED) is 0.855. The second-order valence-electron chi connectivity index (χ2n) is 4.80. The highest BCUT2D eigenvalue weighted by atomic mass is 35.5. The molecular weight excluding hydrogens is 264 g/mol. The summed E-state index contributed by atoms with van der Waals surface area (Å²) in [6.07, 6.45) is 0. The van der Waals surface area contributed by atoms with Gasteiger partial charge in [-0.1, -0.05) is 42.7 Å². The Kier molecular flexibility index (Phi) is 4.00. The smallest absolute Gasteiger partial charge is 0.237 e. The molecule has 2 aromatic rings. The number of benzene rings is 1. The van der Waals surface area contributed by atoms with Gasteiger partial charge >= 0.3 is 0 Å². The van der Waals surface area contributed by atoms with Crippen LogP contribution in [-0.4, -0.2) is 15.9 Å². The van der Waals surface area contributed by atoms with E-state index in [4.69, 9.17) is 16.1 Å². The summed E-state index contributed by atoms with van der Waals surface area (Å²) in [4.78, 5) is 15.9. The Bertz CT molecular complexity index is 593. The second kappa shape index (κ2) is 5.53. The lowest BCUT2D eigenvalue weighted by atomic mass is 9.92. The van der Waals surface area contributed by atoms with Gasteiger partial charge < -0.3 is 4.52 Å². The number of carbonyl (C=O) groups is 1. The van der Waals surface area contributed by atoms with Crippen LogP contribution >= 0.6 is 11.6 Å². The molecule has 0 bridgehead atoms. The van der Waals surface area contributed by atoms with E-state index >= 15 is 0 Å². The molecule has 1 aromatic carbocycles. The van der Waals surface area contributed by atoms with Crippen molar-refractivity contribution in [2.24, 2.45) is 5.92 Å². The standard InChI is InChI=1S/C14H15ClN2O2/c1-8(2)12(9(3)18)14-16-13(17-19-14)10-5-4-6-11(15)7-10/h4-8,12H,1-3H3. The van der Waals surface area contributed by atoms with Gasteiger partial charge in [0.25, 0.3) is 0 Å². The molecule has 0 fully saturated rings. The average Bonchev–Trinajstić information content (AvgIpc) is 2.77. The van der Waals surface area contributed by atoms with E-state index in [2.05, 4.69) is 10.1 Å². The van der Waals surface area contributed by atoms with Crippen LogP contribution in [0.5, 0.6) is 0 Å². The number of hydrogen-bond acceptors (Lipinski definition) is 4. The van der Waals surface area contributed by atoms with Crippen LogP contribution in [0.4, 0.5) is 0 Å². The van der Waals surface area contributed by atoms with Crippen LogP contribution in [0.15, 0.2) is 28.8 Å². The van der Waals surface area contributed by atoms with Crippen LogP contribution in [0.2, 0.25) is 5.02 Å². The minimum absolute atomic E-state index is 0.0243. The third kappa shape index (κ3) is 3.01. The summed E-state index contributed by atoms with van der Waals surface area (Å²) < 4.78 is 5.22. The highest BCUT2D eigenvalue weighted by Crippen LogP contribution is 2.27. The number of carbonyl (C=O) groups excluding carboxylic acids is 1. The maximum absolute atomic E-state index is 11.6. The van der Waals surface area contributed by atoms with Crippen molar-refractivity contribution in [3.63, 3.8) is 0 Å². The van der Waals surface area contributed by atoms with Crippen molar-refractivity contribution in [1.82, 2.24) is 10.1 Å². The Morgan fingerprint density at radius 3 is 2.68 bits per heavy atom. The number of aromatic nitrogens is 2. The number of ketones is 1. The summed E-state index contributed by atoms with van der Waals surface area (Å²) in [5.41, 5.74) is 0.772. The van der Waals surface area contributed by atoms with Crippen LogP contribution < -0.4 is 0 Å². The molecule has 1 heterocycles. The molecule has 0 radical (unpaired) electrons. The van der Waals surface area contributed by atoms with E-state index in [9.17, 15) is 4.79 Å². The van der Waals surface area contributed by atoms with Crippen molar-refractivity contribution in [2.75, 3.05) is 0 Å². The largest absolute Gasteiger partial charge is 0.338 e. The lowest BCUT2D eigenvalue weighted by Crippen LogP contribution is -2.15. The number of nitrogens with zero attached hydrogens (tertiary/aromatic N) is 2. The molecule has 0 aliphatic carbocycles. The average molecular weight is 279 g/mol. The highest BCUT2D eigenvalue weighted by molar-refractivity contribution is 6.30. The van der Waals surface area contributed by atoms with Gasteiger partial charge in [0.15, 0.2) is 0 Å². The summed E-state index contributed by atoms with van der Waals surface area (Å²) in [6, 6.07) is 7.20. The summed E-state index contributed by atoms with van der Waals surface area (Å²) in [5, 5.41) is 4.52. The maximum Gasteiger partial charge on any atom is 0.237 e. The van der Waals surface area contributed by atoms with Gasteiger partial charge in [0, 0.05) is 10.6 Å². The van der Waals surface area contributed by atoms with E-state index in [1.807, 2.05) is 26.0 Å². The molecule has 100 valence electrons. The van der Waals surface area contributed by atoms with E-state index in [0.29, 0.717) is 16.7 Å². The summed E-state index contributed by atoms with van der Waals surface area (Å²) in [7, 11) is 0. The summed E-state index contributed by atoms with van der Waals surface area (Å²) in [5.74, 6) is 0.587. The molecule has 19 heavy (non-hydrogen) atoms. The Morgan fingerprint density at radius 1 is 1.37 bits per heavy atom. The monoisotopic (exact) mass is 278 g/mol. The minimum atomic E-state index is -0.361. The van der Waals surface area contributed by atoms with Crippen molar-refractivity contribution in [1.29, 1.82) is 0 Å².